The Kier molecular flexibility index (Phi) is 4.89. The van der Waals surface area contributed by atoms with E-state index < -0.39 is 0 Å². The van der Waals surface area contributed by atoms with E-state index in [0.717, 1.165) is 17.1 Å². The Morgan fingerprint density at radius 2 is 2.17 bits per heavy atom. The van der Waals surface area contributed by atoms with Crippen LogP contribution in [0.25, 0.3) is 0 Å². The molecule has 2 rings (SSSR count). The molecule has 18 heavy (non-hydrogen) atoms. The van der Waals surface area contributed by atoms with Crippen molar-refractivity contribution in [3.63, 3.8) is 0 Å². The monoisotopic (exact) mass is 363 g/mol. The van der Waals surface area contributed by atoms with Crippen LogP contribution in [0.5, 0.6) is 0 Å². The van der Waals surface area contributed by atoms with Crippen LogP contribution in [0.15, 0.2) is 15.9 Å². The Labute approximate surface area is 129 Å². The Hall–Kier alpha value is 0.130. The largest absolute Gasteiger partial charge is 0.305 e. The van der Waals surface area contributed by atoms with Crippen molar-refractivity contribution in [2.24, 2.45) is 0 Å². The van der Waals surface area contributed by atoms with Crippen LogP contribution in [0, 0.1) is 13.8 Å². The first-order valence-corrected chi connectivity index (χ1v) is 8.64. The summed E-state index contributed by atoms with van der Waals surface area (Å²) in [4.78, 5) is 3.83. The zero-order chi connectivity index (χ0) is 13.3. The van der Waals surface area contributed by atoms with Gasteiger partial charge in [-0.2, -0.15) is 0 Å². The van der Waals surface area contributed by atoms with E-state index in [1.807, 2.05) is 11.3 Å². The number of aryl methyl sites for hydroxylation is 2. The summed E-state index contributed by atoms with van der Waals surface area (Å²) in [5.74, 6) is 0. The molecule has 0 aliphatic heterocycles. The minimum atomic E-state index is 0.205. The molecule has 1 atom stereocenters. The zero-order valence-corrected chi connectivity index (χ0v) is 14.5. The molecule has 0 aromatic carbocycles. The van der Waals surface area contributed by atoms with Gasteiger partial charge in [-0.1, -0.05) is 18.5 Å². The third-order valence-electron chi connectivity index (χ3n) is 2.76. The molecule has 0 bridgehead atoms. The van der Waals surface area contributed by atoms with Crippen LogP contribution in [0.1, 0.15) is 33.2 Å². The molecule has 2 aromatic heterocycles. The average molecular weight is 365 g/mol. The molecule has 1 unspecified atom stereocenters. The van der Waals surface area contributed by atoms with Crippen LogP contribution in [0.3, 0.4) is 0 Å². The molecule has 0 aliphatic carbocycles. The molecule has 0 saturated heterocycles. The van der Waals surface area contributed by atoms with Crippen molar-refractivity contribution in [2.75, 3.05) is 6.54 Å². The molecule has 98 valence electrons. The fourth-order valence-electron chi connectivity index (χ4n) is 1.79. The maximum Gasteiger partial charge on any atom is 0.0780 e. The number of rotatable bonds is 4. The van der Waals surface area contributed by atoms with E-state index in [9.17, 15) is 0 Å². The summed E-state index contributed by atoms with van der Waals surface area (Å²) in [6.45, 7) is 7.23. The van der Waals surface area contributed by atoms with E-state index in [2.05, 4.69) is 53.5 Å². The van der Waals surface area contributed by atoms with Crippen LogP contribution < -0.4 is 5.32 Å². The summed E-state index contributed by atoms with van der Waals surface area (Å²) >= 11 is 13.5. The van der Waals surface area contributed by atoms with Crippen molar-refractivity contribution in [1.29, 1.82) is 0 Å². The second-order valence-electron chi connectivity index (χ2n) is 4.14. The topological polar surface area (TPSA) is 12.0 Å². The van der Waals surface area contributed by atoms with Crippen molar-refractivity contribution in [1.82, 2.24) is 5.32 Å². The van der Waals surface area contributed by atoms with Gasteiger partial charge in [-0.3, -0.25) is 0 Å². The van der Waals surface area contributed by atoms with E-state index >= 15 is 0 Å². The molecular formula is C13H15BrClNS2. The quantitative estimate of drug-likeness (QED) is 0.751. The first kappa shape index (κ1) is 14.5. The summed E-state index contributed by atoms with van der Waals surface area (Å²) in [5, 5.41) is 6.54. The van der Waals surface area contributed by atoms with Gasteiger partial charge >= 0.3 is 0 Å². The van der Waals surface area contributed by atoms with Gasteiger partial charge in [0.05, 0.1) is 11.1 Å². The van der Waals surface area contributed by atoms with Crippen LogP contribution in [-0.2, 0) is 0 Å². The second kappa shape index (κ2) is 6.06. The van der Waals surface area contributed by atoms with E-state index in [0.29, 0.717) is 0 Å². The maximum absolute atomic E-state index is 6.40. The Bertz CT molecular complexity index is 528. The van der Waals surface area contributed by atoms with E-state index in [4.69, 9.17) is 11.6 Å². The fraction of sp³-hybridized carbons (Fsp3) is 0.385. The highest BCUT2D eigenvalue weighted by molar-refractivity contribution is 9.10. The first-order valence-electron chi connectivity index (χ1n) is 5.77. The fourth-order valence-corrected chi connectivity index (χ4v) is 4.91. The summed E-state index contributed by atoms with van der Waals surface area (Å²) in [7, 11) is 0. The minimum Gasteiger partial charge on any atom is -0.305 e. The summed E-state index contributed by atoms with van der Waals surface area (Å²) in [6.07, 6.45) is 0. The standard InChI is InChI=1S/C13H15BrClNS2/c1-4-16-12(10-5-9(14)8(3)18-10)13-11(15)7(2)6-17-13/h5-6,12,16H,4H2,1-3H3. The van der Waals surface area contributed by atoms with Crippen LogP contribution in [0.2, 0.25) is 5.02 Å². The average Bonchev–Trinajstić information content (AvgIpc) is 2.82. The summed E-state index contributed by atoms with van der Waals surface area (Å²) < 4.78 is 1.18. The minimum absolute atomic E-state index is 0.205. The van der Waals surface area contributed by atoms with Crippen molar-refractivity contribution in [3.05, 3.63) is 41.1 Å². The molecule has 1 N–H and O–H groups in total. The summed E-state index contributed by atoms with van der Waals surface area (Å²) in [6, 6.07) is 2.40. The molecule has 0 spiro atoms. The summed E-state index contributed by atoms with van der Waals surface area (Å²) in [5.41, 5.74) is 1.16. The van der Waals surface area contributed by atoms with Gasteiger partial charge in [0.1, 0.15) is 0 Å². The molecule has 0 fully saturated rings. The van der Waals surface area contributed by atoms with Crippen molar-refractivity contribution in [3.8, 4) is 0 Å². The lowest BCUT2D eigenvalue weighted by molar-refractivity contribution is 0.648. The van der Waals surface area contributed by atoms with Crippen molar-refractivity contribution >= 4 is 50.2 Å². The van der Waals surface area contributed by atoms with Crippen LogP contribution >= 0.6 is 50.2 Å². The third kappa shape index (κ3) is 2.83. The Morgan fingerprint density at radius 1 is 1.44 bits per heavy atom. The lowest BCUT2D eigenvalue weighted by atomic mass is 10.2. The second-order valence-corrected chi connectivity index (χ2v) is 7.57. The van der Waals surface area contributed by atoms with Gasteiger partial charge in [0, 0.05) is 19.1 Å². The van der Waals surface area contributed by atoms with Gasteiger partial charge in [-0.15, -0.1) is 22.7 Å². The number of hydrogen-bond acceptors (Lipinski definition) is 3. The maximum atomic E-state index is 6.40. The van der Waals surface area contributed by atoms with Crippen molar-refractivity contribution in [2.45, 2.75) is 26.8 Å². The van der Waals surface area contributed by atoms with E-state index in [1.54, 1.807) is 11.3 Å². The SMILES string of the molecule is CCNC(c1cc(Br)c(C)s1)c1scc(C)c1Cl. The molecule has 2 heterocycles. The molecule has 0 saturated carbocycles. The normalized spacial score (nSPS) is 12.9. The Morgan fingerprint density at radius 3 is 2.61 bits per heavy atom. The Balaban J connectivity index is 2.42. The molecule has 2 aromatic rings. The molecule has 0 aliphatic rings. The van der Waals surface area contributed by atoms with Crippen molar-refractivity contribution < 1.29 is 0 Å². The van der Waals surface area contributed by atoms with Crippen LogP contribution in [-0.4, -0.2) is 6.54 Å². The van der Waals surface area contributed by atoms with Gasteiger partial charge in [-0.25, -0.2) is 0 Å². The zero-order valence-electron chi connectivity index (χ0n) is 10.5. The number of nitrogens with one attached hydrogen (secondary N) is 1. The molecular weight excluding hydrogens is 350 g/mol. The highest BCUT2D eigenvalue weighted by Gasteiger charge is 2.21. The first-order chi connectivity index (χ1) is 8.54. The van der Waals surface area contributed by atoms with E-state index in [-0.39, 0.29) is 6.04 Å². The smallest absolute Gasteiger partial charge is 0.0780 e. The predicted octanol–water partition coefficient (Wildman–Crippen LogP) is 5.54. The molecule has 5 heteroatoms. The van der Waals surface area contributed by atoms with Gasteiger partial charge in [-0.05, 0) is 53.3 Å². The lowest BCUT2D eigenvalue weighted by Crippen LogP contribution is -2.20. The highest BCUT2D eigenvalue weighted by atomic mass is 79.9. The van der Waals surface area contributed by atoms with Gasteiger partial charge in [0.2, 0.25) is 0 Å². The van der Waals surface area contributed by atoms with Gasteiger partial charge in [0.15, 0.2) is 0 Å². The molecule has 0 radical (unpaired) electrons. The number of halogens is 2. The number of hydrogen-bond donors (Lipinski definition) is 1. The highest BCUT2D eigenvalue weighted by Crippen LogP contribution is 2.39. The molecule has 0 amide bonds. The van der Waals surface area contributed by atoms with Gasteiger partial charge in [0.25, 0.3) is 0 Å². The molecule has 1 nitrogen and oxygen atoms in total. The number of thiophene rings is 2. The third-order valence-corrected chi connectivity index (χ3v) is 6.74. The lowest BCUT2D eigenvalue weighted by Gasteiger charge is -2.15. The van der Waals surface area contributed by atoms with Crippen LogP contribution in [0.4, 0.5) is 0 Å². The van der Waals surface area contributed by atoms with Gasteiger partial charge < -0.3 is 5.32 Å². The predicted molar refractivity (Wildman–Crippen MR) is 86.3 cm³/mol. The van der Waals surface area contributed by atoms with E-state index in [1.165, 1.54) is 19.1 Å².